The average molecular weight is 306 g/mol. The molecule has 0 radical (unpaired) electrons. The minimum Gasteiger partial charge on any atom is -0.481 e. The van der Waals surface area contributed by atoms with Crippen LogP contribution in [0, 0.1) is 5.41 Å². The molecule has 1 rings (SSSR count). The summed E-state index contributed by atoms with van der Waals surface area (Å²) in [7, 11) is 0. The molecular weight excluding hydrogens is 284 g/mol. The van der Waals surface area contributed by atoms with E-state index < -0.39 is 11.4 Å². The van der Waals surface area contributed by atoms with Crippen molar-refractivity contribution >= 4 is 17.8 Å². The number of carboxylic acid groups (broad SMARTS) is 1. The van der Waals surface area contributed by atoms with Crippen molar-refractivity contribution in [1.82, 2.24) is 10.6 Å². The maximum absolute atomic E-state index is 11.7. The van der Waals surface area contributed by atoms with Crippen molar-refractivity contribution in [2.75, 3.05) is 13.1 Å². The molecule has 3 N–H and O–H groups in total. The Bertz CT molecular complexity index is 526. The lowest BCUT2D eigenvalue weighted by Crippen LogP contribution is -2.40. The molecule has 0 unspecified atom stereocenters. The van der Waals surface area contributed by atoms with Gasteiger partial charge in [-0.2, -0.15) is 0 Å². The number of amides is 2. The van der Waals surface area contributed by atoms with Crippen molar-refractivity contribution in [2.24, 2.45) is 5.41 Å². The largest absolute Gasteiger partial charge is 0.481 e. The van der Waals surface area contributed by atoms with E-state index in [4.69, 9.17) is 5.11 Å². The molecule has 0 atom stereocenters. The Morgan fingerprint density at radius 3 is 2.27 bits per heavy atom. The van der Waals surface area contributed by atoms with Gasteiger partial charge in [0.1, 0.15) is 0 Å². The van der Waals surface area contributed by atoms with Gasteiger partial charge in [-0.05, 0) is 19.4 Å². The number of benzene rings is 1. The Kier molecular flexibility index (Phi) is 6.56. The lowest BCUT2D eigenvalue weighted by atomic mass is 9.94. The van der Waals surface area contributed by atoms with Gasteiger partial charge in [-0.15, -0.1) is 0 Å². The number of carboxylic acids is 1. The minimum absolute atomic E-state index is 0.0547. The van der Waals surface area contributed by atoms with Gasteiger partial charge < -0.3 is 15.7 Å². The van der Waals surface area contributed by atoms with Crippen molar-refractivity contribution in [3.05, 3.63) is 35.9 Å². The number of carbonyl (C=O) groups is 3. The molecule has 0 aliphatic heterocycles. The zero-order valence-electron chi connectivity index (χ0n) is 12.9. The first-order valence-corrected chi connectivity index (χ1v) is 7.12. The topological polar surface area (TPSA) is 95.5 Å². The van der Waals surface area contributed by atoms with E-state index in [1.807, 2.05) is 30.3 Å². The maximum atomic E-state index is 11.7. The van der Waals surface area contributed by atoms with E-state index in [1.54, 1.807) is 0 Å². The zero-order chi connectivity index (χ0) is 16.6. The molecule has 0 heterocycles. The van der Waals surface area contributed by atoms with E-state index >= 15 is 0 Å². The second-order valence-corrected chi connectivity index (χ2v) is 5.73. The van der Waals surface area contributed by atoms with Crippen LogP contribution in [0.4, 0.5) is 0 Å². The Balaban J connectivity index is 2.22. The van der Waals surface area contributed by atoms with Crippen molar-refractivity contribution in [3.63, 3.8) is 0 Å². The Morgan fingerprint density at radius 1 is 1.05 bits per heavy atom. The number of carbonyl (C=O) groups excluding carboxylic acids is 2. The lowest BCUT2D eigenvalue weighted by molar-refractivity contribution is -0.146. The van der Waals surface area contributed by atoms with E-state index in [1.165, 1.54) is 13.8 Å². The smallest absolute Gasteiger partial charge is 0.310 e. The summed E-state index contributed by atoms with van der Waals surface area (Å²) in [4.78, 5) is 34.2. The highest BCUT2D eigenvalue weighted by atomic mass is 16.4. The molecule has 0 aromatic heterocycles. The van der Waals surface area contributed by atoms with Crippen LogP contribution in [0.25, 0.3) is 0 Å². The third-order valence-corrected chi connectivity index (χ3v) is 3.19. The van der Waals surface area contributed by atoms with Crippen molar-refractivity contribution < 1.29 is 19.5 Å². The van der Waals surface area contributed by atoms with Gasteiger partial charge in [0, 0.05) is 19.5 Å². The Labute approximate surface area is 129 Å². The quantitative estimate of drug-likeness (QED) is 0.666. The van der Waals surface area contributed by atoms with Gasteiger partial charge in [0.2, 0.25) is 11.8 Å². The number of hydrogen-bond acceptors (Lipinski definition) is 3. The van der Waals surface area contributed by atoms with E-state index in [0.717, 1.165) is 5.56 Å². The van der Waals surface area contributed by atoms with E-state index in [2.05, 4.69) is 10.6 Å². The van der Waals surface area contributed by atoms with Crippen molar-refractivity contribution in [2.45, 2.75) is 26.7 Å². The summed E-state index contributed by atoms with van der Waals surface area (Å²) in [6.07, 6.45) is 0.394. The molecule has 0 aliphatic carbocycles. The van der Waals surface area contributed by atoms with Gasteiger partial charge in [-0.3, -0.25) is 14.4 Å². The van der Waals surface area contributed by atoms with Crippen LogP contribution < -0.4 is 10.6 Å². The summed E-state index contributed by atoms with van der Waals surface area (Å²) in [5.74, 6) is -1.40. The first kappa shape index (κ1) is 17.7. The minimum atomic E-state index is -1.01. The van der Waals surface area contributed by atoms with Gasteiger partial charge in [-0.1, -0.05) is 30.3 Å². The fourth-order valence-electron chi connectivity index (χ4n) is 1.64. The first-order chi connectivity index (χ1) is 10.3. The highest BCUT2D eigenvalue weighted by molar-refractivity contribution is 5.81. The fourth-order valence-corrected chi connectivity index (χ4v) is 1.64. The monoisotopic (exact) mass is 306 g/mol. The highest BCUT2D eigenvalue weighted by Gasteiger charge is 2.27. The summed E-state index contributed by atoms with van der Waals surface area (Å²) in [5.41, 5.74) is -0.0979. The van der Waals surface area contributed by atoms with Crippen LogP contribution in [0.3, 0.4) is 0 Å². The van der Waals surface area contributed by atoms with Gasteiger partial charge in [0.25, 0.3) is 0 Å². The Hall–Kier alpha value is -2.37. The summed E-state index contributed by atoms with van der Waals surface area (Å²) in [6, 6.07) is 9.32. The Morgan fingerprint density at radius 2 is 1.68 bits per heavy atom. The molecule has 0 aliphatic rings. The number of hydrogen-bond donors (Lipinski definition) is 3. The van der Waals surface area contributed by atoms with Crippen LogP contribution in [0.2, 0.25) is 0 Å². The lowest BCUT2D eigenvalue weighted by Gasteiger charge is -2.19. The normalized spacial score (nSPS) is 10.8. The van der Waals surface area contributed by atoms with Crippen LogP contribution in [0.5, 0.6) is 0 Å². The van der Waals surface area contributed by atoms with E-state index in [0.29, 0.717) is 0 Å². The molecule has 0 saturated carbocycles. The van der Waals surface area contributed by atoms with Crippen LogP contribution in [0.1, 0.15) is 25.8 Å². The van der Waals surface area contributed by atoms with Gasteiger partial charge in [0.05, 0.1) is 11.8 Å². The van der Waals surface area contributed by atoms with Crippen LogP contribution in [0.15, 0.2) is 30.3 Å². The second kappa shape index (κ2) is 8.17. The SMILES string of the molecule is CC(C)(CNC(=O)CCNC(=O)Cc1ccccc1)C(=O)O. The average Bonchev–Trinajstić information content (AvgIpc) is 2.46. The zero-order valence-corrected chi connectivity index (χ0v) is 12.9. The van der Waals surface area contributed by atoms with Gasteiger partial charge in [0.15, 0.2) is 0 Å². The number of rotatable bonds is 8. The molecule has 0 fully saturated rings. The molecule has 1 aromatic rings. The molecule has 6 nitrogen and oxygen atoms in total. The molecular formula is C16H22N2O4. The fraction of sp³-hybridized carbons (Fsp3) is 0.438. The molecule has 120 valence electrons. The second-order valence-electron chi connectivity index (χ2n) is 5.73. The van der Waals surface area contributed by atoms with Crippen molar-refractivity contribution in [3.8, 4) is 0 Å². The summed E-state index contributed by atoms with van der Waals surface area (Å²) >= 11 is 0. The predicted octanol–water partition coefficient (Wildman–Crippen LogP) is 0.962. The predicted molar refractivity (Wildman–Crippen MR) is 82.2 cm³/mol. The third kappa shape index (κ3) is 6.39. The molecule has 0 spiro atoms. The molecule has 2 amide bonds. The van der Waals surface area contributed by atoms with Crippen LogP contribution in [-0.2, 0) is 20.8 Å². The molecule has 1 aromatic carbocycles. The molecule has 22 heavy (non-hydrogen) atoms. The molecule has 0 saturated heterocycles. The van der Waals surface area contributed by atoms with Gasteiger partial charge in [-0.25, -0.2) is 0 Å². The summed E-state index contributed by atoms with van der Waals surface area (Å²) < 4.78 is 0. The summed E-state index contributed by atoms with van der Waals surface area (Å²) in [6.45, 7) is 3.36. The van der Waals surface area contributed by atoms with Crippen LogP contribution in [-0.4, -0.2) is 36.0 Å². The third-order valence-electron chi connectivity index (χ3n) is 3.19. The number of aliphatic carboxylic acids is 1. The highest BCUT2D eigenvalue weighted by Crippen LogP contribution is 2.12. The van der Waals surface area contributed by atoms with Crippen LogP contribution >= 0.6 is 0 Å². The maximum Gasteiger partial charge on any atom is 0.310 e. The van der Waals surface area contributed by atoms with Crippen molar-refractivity contribution in [1.29, 1.82) is 0 Å². The van der Waals surface area contributed by atoms with E-state index in [9.17, 15) is 14.4 Å². The first-order valence-electron chi connectivity index (χ1n) is 7.12. The molecule has 6 heteroatoms. The summed E-state index contributed by atoms with van der Waals surface area (Å²) in [5, 5.41) is 14.2. The standard InChI is InChI=1S/C16H22N2O4/c1-16(2,15(21)22)11-18-13(19)8-9-17-14(20)10-12-6-4-3-5-7-12/h3-7H,8-11H2,1-2H3,(H,17,20)(H,18,19)(H,21,22). The van der Waals surface area contributed by atoms with E-state index in [-0.39, 0.29) is 37.7 Å². The molecule has 0 bridgehead atoms. The number of nitrogens with one attached hydrogen (secondary N) is 2. The van der Waals surface area contributed by atoms with Gasteiger partial charge >= 0.3 is 5.97 Å².